The molecule has 4 heteroatoms. The van der Waals surface area contributed by atoms with Gasteiger partial charge in [0.15, 0.2) is 0 Å². The van der Waals surface area contributed by atoms with Crippen molar-refractivity contribution in [1.82, 2.24) is 4.98 Å². The molecule has 0 unspecified atom stereocenters. The first-order valence-corrected chi connectivity index (χ1v) is 5.27. The molecule has 0 amide bonds. The Hall–Kier alpha value is -1.29. The van der Waals surface area contributed by atoms with Crippen molar-refractivity contribution in [3.63, 3.8) is 0 Å². The molecule has 0 saturated heterocycles. The zero-order valence-electron chi connectivity index (χ0n) is 9.33. The zero-order valence-corrected chi connectivity index (χ0v) is 9.33. The first kappa shape index (κ1) is 11.8. The summed E-state index contributed by atoms with van der Waals surface area (Å²) in [5, 5.41) is 13.1. The summed E-state index contributed by atoms with van der Waals surface area (Å²) < 4.78 is 0. The van der Waals surface area contributed by atoms with Crippen LogP contribution in [0.3, 0.4) is 0 Å². The molecule has 15 heavy (non-hydrogen) atoms. The fourth-order valence-electron chi connectivity index (χ4n) is 1.26. The minimum atomic E-state index is -0.650. The summed E-state index contributed by atoms with van der Waals surface area (Å²) in [5.74, 6) is 0.740. The van der Waals surface area contributed by atoms with Crippen LogP contribution in [0.5, 0.6) is 0 Å². The fourth-order valence-corrected chi connectivity index (χ4v) is 1.26. The van der Waals surface area contributed by atoms with Gasteiger partial charge >= 0.3 is 0 Å². The molecule has 1 rings (SSSR count). The molecule has 4 nitrogen and oxygen atoms in total. The average molecular weight is 209 g/mol. The van der Waals surface area contributed by atoms with Crippen LogP contribution in [0, 0.1) is 0 Å². The van der Waals surface area contributed by atoms with Crippen LogP contribution in [0.1, 0.15) is 26.7 Å². The number of rotatable bonds is 5. The van der Waals surface area contributed by atoms with Crippen LogP contribution in [0.25, 0.3) is 0 Å². The molecule has 0 fully saturated rings. The Kier molecular flexibility index (Phi) is 3.91. The van der Waals surface area contributed by atoms with Crippen LogP contribution in [-0.4, -0.2) is 22.2 Å². The zero-order chi connectivity index (χ0) is 11.3. The number of pyridine rings is 1. The van der Waals surface area contributed by atoms with Crippen LogP contribution in [0.15, 0.2) is 18.3 Å². The first-order valence-electron chi connectivity index (χ1n) is 5.27. The lowest BCUT2D eigenvalue weighted by Gasteiger charge is -2.25. The second-order valence-corrected chi connectivity index (χ2v) is 3.76. The predicted molar refractivity (Wildman–Crippen MR) is 62.7 cm³/mol. The summed E-state index contributed by atoms with van der Waals surface area (Å²) in [7, 11) is 0. The summed E-state index contributed by atoms with van der Waals surface area (Å²) >= 11 is 0. The van der Waals surface area contributed by atoms with Crippen LogP contribution in [0.4, 0.5) is 11.5 Å². The molecule has 0 aliphatic heterocycles. The quantitative estimate of drug-likeness (QED) is 0.689. The van der Waals surface area contributed by atoms with Crippen molar-refractivity contribution in [2.24, 2.45) is 0 Å². The highest BCUT2D eigenvalue weighted by molar-refractivity contribution is 5.43. The third-order valence-corrected chi connectivity index (χ3v) is 2.70. The third-order valence-electron chi connectivity index (χ3n) is 2.70. The molecule has 0 saturated carbocycles. The first-order chi connectivity index (χ1) is 7.09. The molecular formula is C11H19N3O. The van der Waals surface area contributed by atoms with Gasteiger partial charge in [0.1, 0.15) is 5.82 Å². The van der Waals surface area contributed by atoms with Gasteiger partial charge in [-0.15, -0.1) is 0 Å². The summed E-state index contributed by atoms with van der Waals surface area (Å²) in [4.78, 5) is 4.10. The van der Waals surface area contributed by atoms with Gasteiger partial charge in [-0.1, -0.05) is 13.8 Å². The maximum absolute atomic E-state index is 10.0. The Balaban J connectivity index is 2.53. The Bertz CT molecular complexity index is 293. The van der Waals surface area contributed by atoms with Crippen molar-refractivity contribution in [2.45, 2.75) is 32.3 Å². The SMILES string of the molecule is CCC(O)(CC)CNc1ccc(N)cn1. The van der Waals surface area contributed by atoms with Gasteiger partial charge in [-0.25, -0.2) is 4.98 Å². The summed E-state index contributed by atoms with van der Waals surface area (Å²) in [5.41, 5.74) is 5.51. The number of anilines is 2. The molecule has 0 aliphatic carbocycles. The molecule has 0 radical (unpaired) electrons. The van der Waals surface area contributed by atoms with Crippen LogP contribution >= 0.6 is 0 Å². The van der Waals surface area contributed by atoms with Crippen molar-refractivity contribution in [3.05, 3.63) is 18.3 Å². The lowest BCUT2D eigenvalue weighted by molar-refractivity contribution is 0.0456. The standard InChI is InChI=1S/C11H19N3O/c1-3-11(15,4-2)8-14-10-6-5-9(12)7-13-10/h5-7,15H,3-4,8,12H2,1-2H3,(H,13,14). The van der Waals surface area contributed by atoms with Crippen molar-refractivity contribution in [3.8, 4) is 0 Å². The number of nitrogens with zero attached hydrogens (tertiary/aromatic N) is 1. The monoisotopic (exact) mass is 209 g/mol. The number of hydrogen-bond acceptors (Lipinski definition) is 4. The summed E-state index contributed by atoms with van der Waals surface area (Å²) in [6.45, 7) is 4.46. The third kappa shape index (κ3) is 3.40. The molecule has 0 spiro atoms. The second kappa shape index (κ2) is 4.98. The number of nitrogen functional groups attached to an aromatic ring is 1. The van der Waals surface area contributed by atoms with E-state index < -0.39 is 5.60 Å². The largest absolute Gasteiger partial charge is 0.397 e. The van der Waals surface area contributed by atoms with Crippen molar-refractivity contribution < 1.29 is 5.11 Å². The molecule has 1 aromatic rings. The van der Waals surface area contributed by atoms with Gasteiger partial charge < -0.3 is 16.2 Å². The van der Waals surface area contributed by atoms with Gasteiger partial charge in [-0.2, -0.15) is 0 Å². The lowest BCUT2D eigenvalue weighted by Crippen LogP contribution is -2.35. The van der Waals surface area contributed by atoms with Crippen molar-refractivity contribution in [2.75, 3.05) is 17.6 Å². The molecule has 1 heterocycles. The molecule has 0 aromatic carbocycles. The van der Waals surface area contributed by atoms with E-state index in [2.05, 4.69) is 10.3 Å². The Morgan fingerprint density at radius 1 is 1.40 bits per heavy atom. The molecule has 4 N–H and O–H groups in total. The number of hydrogen-bond donors (Lipinski definition) is 3. The van der Waals surface area contributed by atoms with Crippen LogP contribution < -0.4 is 11.1 Å². The Morgan fingerprint density at radius 3 is 2.53 bits per heavy atom. The minimum absolute atomic E-state index is 0.511. The van der Waals surface area contributed by atoms with Gasteiger partial charge in [-0.3, -0.25) is 0 Å². The number of nitrogens with one attached hydrogen (secondary N) is 1. The Morgan fingerprint density at radius 2 is 2.07 bits per heavy atom. The number of nitrogens with two attached hydrogens (primary N) is 1. The Labute approximate surface area is 90.5 Å². The van der Waals surface area contributed by atoms with Crippen LogP contribution in [-0.2, 0) is 0 Å². The van der Waals surface area contributed by atoms with E-state index in [9.17, 15) is 5.11 Å². The minimum Gasteiger partial charge on any atom is -0.397 e. The van der Waals surface area contributed by atoms with E-state index >= 15 is 0 Å². The van der Waals surface area contributed by atoms with Gasteiger partial charge in [0.2, 0.25) is 0 Å². The molecule has 0 aliphatic rings. The second-order valence-electron chi connectivity index (χ2n) is 3.76. The average Bonchev–Trinajstić information content (AvgIpc) is 2.28. The molecule has 84 valence electrons. The molecule has 1 aromatic heterocycles. The van der Waals surface area contributed by atoms with E-state index in [4.69, 9.17) is 5.73 Å². The normalized spacial score (nSPS) is 11.4. The van der Waals surface area contributed by atoms with Gasteiger partial charge in [0.05, 0.1) is 17.5 Å². The van der Waals surface area contributed by atoms with Crippen LogP contribution in [0.2, 0.25) is 0 Å². The lowest BCUT2D eigenvalue weighted by atomic mass is 9.98. The van der Waals surface area contributed by atoms with E-state index in [-0.39, 0.29) is 0 Å². The molecule has 0 bridgehead atoms. The number of aliphatic hydroxyl groups is 1. The van der Waals surface area contributed by atoms with E-state index in [1.807, 2.05) is 13.8 Å². The highest BCUT2D eigenvalue weighted by Gasteiger charge is 2.21. The maximum Gasteiger partial charge on any atom is 0.126 e. The van der Waals surface area contributed by atoms with E-state index in [0.29, 0.717) is 12.2 Å². The highest BCUT2D eigenvalue weighted by Crippen LogP contribution is 2.15. The predicted octanol–water partition coefficient (Wildman–Crippen LogP) is 1.63. The maximum atomic E-state index is 10.0. The van der Waals surface area contributed by atoms with Gasteiger partial charge in [-0.05, 0) is 25.0 Å². The highest BCUT2D eigenvalue weighted by atomic mass is 16.3. The summed E-state index contributed by atoms with van der Waals surface area (Å²) in [6, 6.07) is 3.59. The number of aromatic nitrogens is 1. The smallest absolute Gasteiger partial charge is 0.126 e. The molecular weight excluding hydrogens is 190 g/mol. The van der Waals surface area contributed by atoms with Crippen molar-refractivity contribution in [1.29, 1.82) is 0 Å². The summed E-state index contributed by atoms with van der Waals surface area (Å²) in [6.07, 6.45) is 3.05. The van der Waals surface area contributed by atoms with Crippen molar-refractivity contribution >= 4 is 11.5 Å². The molecule has 0 atom stereocenters. The van der Waals surface area contributed by atoms with Gasteiger partial charge in [0, 0.05) is 6.54 Å². The fraction of sp³-hybridized carbons (Fsp3) is 0.545. The topological polar surface area (TPSA) is 71.2 Å². The van der Waals surface area contributed by atoms with E-state index in [1.165, 1.54) is 0 Å². The van der Waals surface area contributed by atoms with E-state index in [0.717, 1.165) is 18.7 Å². The van der Waals surface area contributed by atoms with E-state index in [1.54, 1.807) is 18.3 Å². The van der Waals surface area contributed by atoms with Gasteiger partial charge in [0.25, 0.3) is 0 Å².